The first-order valence-electron chi connectivity index (χ1n) is 12.2. The zero-order chi connectivity index (χ0) is 27.4. The van der Waals surface area contributed by atoms with E-state index in [0.29, 0.717) is 31.0 Å². The smallest absolute Gasteiger partial charge is 0.410 e. The number of fused-ring (bicyclic) bond motifs is 1. The van der Waals surface area contributed by atoms with Gasteiger partial charge in [-0.3, -0.25) is 9.59 Å². The number of sulfone groups is 1. The number of halogens is 1. The number of aliphatic carboxylic acids is 1. The predicted octanol–water partition coefficient (Wildman–Crippen LogP) is 4.36. The third kappa shape index (κ3) is 8.07. The highest BCUT2D eigenvalue weighted by Crippen LogP contribution is 2.25. The largest absolute Gasteiger partial charge is 0.481 e. The van der Waals surface area contributed by atoms with Crippen LogP contribution in [-0.2, 0) is 24.2 Å². The molecule has 2 aromatic rings. The topological polar surface area (TPSA) is 121 Å². The zero-order valence-corrected chi connectivity index (χ0v) is 22.8. The SMILES string of the molecule is CC(C)(C)OC(=O)N1CCC(N(CCC(=O)O)C(=O)CCS(=O)(=O)c2ccc3cc(Cl)ccc3c2)CC1. The normalized spacial score (nSPS) is 15.0. The van der Waals surface area contributed by atoms with Crippen LogP contribution in [0.5, 0.6) is 0 Å². The molecule has 0 aromatic heterocycles. The molecule has 1 N–H and O–H groups in total. The van der Waals surface area contributed by atoms with E-state index in [9.17, 15) is 22.8 Å². The second-order valence-corrected chi connectivity index (χ2v) is 12.7. The average molecular weight is 553 g/mol. The molecule has 0 radical (unpaired) electrons. The predicted molar refractivity (Wildman–Crippen MR) is 140 cm³/mol. The molecule has 2 aromatic carbocycles. The van der Waals surface area contributed by atoms with Gasteiger partial charge in [0.15, 0.2) is 9.84 Å². The van der Waals surface area contributed by atoms with Gasteiger partial charge in [-0.1, -0.05) is 23.7 Å². The second-order valence-electron chi connectivity index (χ2n) is 10.2. The minimum absolute atomic E-state index is 0.0257. The van der Waals surface area contributed by atoms with Crippen molar-refractivity contribution < 1.29 is 32.6 Å². The zero-order valence-electron chi connectivity index (χ0n) is 21.3. The van der Waals surface area contributed by atoms with Crippen LogP contribution in [0.15, 0.2) is 41.3 Å². The summed E-state index contributed by atoms with van der Waals surface area (Å²) in [4.78, 5) is 39.8. The van der Waals surface area contributed by atoms with E-state index in [1.54, 1.807) is 56.0 Å². The van der Waals surface area contributed by atoms with Crippen LogP contribution in [0.3, 0.4) is 0 Å². The van der Waals surface area contributed by atoms with Crippen LogP contribution in [0.2, 0.25) is 5.02 Å². The Morgan fingerprint density at radius 3 is 2.30 bits per heavy atom. The molecule has 1 saturated heterocycles. The lowest BCUT2D eigenvalue weighted by molar-refractivity contribution is -0.139. The number of nitrogens with zero attached hydrogens (tertiary/aromatic N) is 2. The van der Waals surface area contributed by atoms with Gasteiger partial charge in [0.05, 0.1) is 17.1 Å². The van der Waals surface area contributed by atoms with Gasteiger partial charge in [-0.2, -0.15) is 0 Å². The minimum Gasteiger partial charge on any atom is -0.481 e. The highest BCUT2D eigenvalue weighted by atomic mass is 35.5. The van der Waals surface area contributed by atoms with E-state index in [2.05, 4.69) is 0 Å². The van der Waals surface area contributed by atoms with Crippen LogP contribution in [0.1, 0.15) is 46.5 Å². The van der Waals surface area contributed by atoms with E-state index >= 15 is 0 Å². The van der Waals surface area contributed by atoms with Crippen molar-refractivity contribution in [2.45, 2.75) is 63.0 Å². The molecule has 0 bridgehead atoms. The fraction of sp³-hybridized carbons (Fsp3) is 0.500. The summed E-state index contributed by atoms with van der Waals surface area (Å²) in [6.07, 6.45) is -0.0572. The Morgan fingerprint density at radius 2 is 1.68 bits per heavy atom. The standard InChI is InChI=1S/C26H33ClN2O7S/c1-26(2,3)36-25(33)28-12-8-21(9-13-28)29(14-10-24(31)32)23(30)11-15-37(34,35)22-7-5-18-16-20(27)6-4-19(18)17-22/h4-7,16-17,21H,8-15H2,1-3H3,(H,31,32). The number of rotatable bonds is 8. The monoisotopic (exact) mass is 552 g/mol. The number of carboxylic acid groups (broad SMARTS) is 1. The van der Waals surface area contributed by atoms with Crippen molar-refractivity contribution in [1.82, 2.24) is 9.80 Å². The third-order valence-corrected chi connectivity index (χ3v) is 8.11. The molecule has 37 heavy (non-hydrogen) atoms. The number of piperidine rings is 1. The third-order valence-electron chi connectivity index (χ3n) is 6.16. The number of amides is 2. The van der Waals surface area contributed by atoms with Crippen LogP contribution in [0.4, 0.5) is 4.79 Å². The van der Waals surface area contributed by atoms with E-state index in [0.717, 1.165) is 10.8 Å². The highest BCUT2D eigenvalue weighted by molar-refractivity contribution is 7.91. The molecule has 0 spiro atoms. The molecule has 2 amide bonds. The first-order chi connectivity index (χ1) is 17.2. The van der Waals surface area contributed by atoms with E-state index in [-0.39, 0.29) is 30.3 Å². The number of likely N-dealkylation sites (tertiary alicyclic amines) is 1. The van der Waals surface area contributed by atoms with Gasteiger partial charge in [0.1, 0.15) is 5.60 Å². The first-order valence-corrected chi connectivity index (χ1v) is 14.2. The molecule has 0 atom stereocenters. The molecule has 1 aliphatic rings. The maximum absolute atomic E-state index is 13.1. The molecule has 3 rings (SSSR count). The maximum Gasteiger partial charge on any atom is 0.410 e. The lowest BCUT2D eigenvalue weighted by Gasteiger charge is -2.39. The number of carbonyl (C=O) groups is 3. The van der Waals surface area contributed by atoms with Crippen LogP contribution < -0.4 is 0 Å². The lowest BCUT2D eigenvalue weighted by atomic mass is 10.0. The second kappa shape index (κ2) is 11.7. The Morgan fingerprint density at radius 1 is 1.05 bits per heavy atom. The van der Waals surface area contributed by atoms with E-state index in [1.807, 2.05) is 0 Å². The van der Waals surface area contributed by atoms with Gasteiger partial charge >= 0.3 is 12.1 Å². The molecule has 202 valence electrons. The molecular weight excluding hydrogens is 520 g/mol. The van der Waals surface area contributed by atoms with Crippen molar-refractivity contribution >= 4 is 50.2 Å². The fourth-order valence-corrected chi connectivity index (χ4v) is 5.73. The molecule has 0 aliphatic carbocycles. The molecule has 11 heteroatoms. The summed E-state index contributed by atoms with van der Waals surface area (Å²) in [5.74, 6) is -1.87. The summed E-state index contributed by atoms with van der Waals surface area (Å²) in [7, 11) is -3.76. The number of hydrogen-bond donors (Lipinski definition) is 1. The van der Waals surface area contributed by atoms with Crippen molar-refractivity contribution in [2.24, 2.45) is 0 Å². The maximum atomic E-state index is 13.1. The van der Waals surface area contributed by atoms with Crippen molar-refractivity contribution in [2.75, 3.05) is 25.4 Å². The Hall–Kier alpha value is -2.85. The average Bonchev–Trinajstić information content (AvgIpc) is 2.81. The minimum atomic E-state index is -3.76. The van der Waals surface area contributed by atoms with Gasteiger partial charge in [0.2, 0.25) is 5.91 Å². The van der Waals surface area contributed by atoms with Gasteiger partial charge in [0, 0.05) is 37.1 Å². The lowest BCUT2D eigenvalue weighted by Crippen LogP contribution is -2.50. The molecule has 1 aliphatic heterocycles. The Labute approximate surface area is 222 Å². The number of carbonyl (C=O) groups excluding carboxylic acids is 2. The van der Waals surface area contributed by atoms with Crippen molar-refractivity contribution in [3.8, 4) is 0 Å². The Balaban J connectivity index is 1.66. The van der Waals surface area contributed by atoms with Crippen molar-refractivity contribution in [1.29, 1.82) is 0 Å². The number of benzene rings is 2. The number of ether oxygens (including phenoxy) is 1. The number of carboxylic acids is 1. The van der Waals surface area contributed by atoms with E-state index in [1.165, 1.54) is 11.0 Å². The Bertz CT molecular complexity index is 1270. The van der Waals surface area contributed by atoms with Crippen LogP contribution in [0, 0.1) is 0 Å². The molecular formula is C26H33ClN2O7S. The fourth-order valence-electron chi connectivity index (χ4n) is 4.28. The summed E-state index contributed by atoms with van der Waals surface area (Å²) in [5, 5.41) is 11.2. The number of hydrogen-bond acceptors (Lipinski definition) is 6. The van der Waals surface area contributed by atoms with Crippen molar-refractivity contribution in [3.63, 3.8) is 0 Å². The molecule has 0 saturated carbocycles. The van der Waals surface area contributed by atoms with Gasteiger partial charge in [-0.15, -0.1) is 0 Å². The molecule has 1 fully saturated rings. The summed E-state index contributed by atoms with van der Waals surface area (Å²) in [6.45, 7) is 6.04. The Kier molecular flexibility index (Phi) is 9.07. The summed E-state index contributed by atoms with van der Waals surface area (Å²) in [6, 6.07) is 9.59. The van der Waals surface area contributed by atoms with E-state index in [4.69, 9.17) is 21.4 Å². The van der Waals surface area contributed by atoms with Gasteiger partial charge in [0.25, 0.3) is 0 Å². The summed E-state index contributed by atoms with van der Waals surface area (Å²) < 4.78 is 31.4. The van der Waals surface area contributed by atoms with Gasteiger partial charge < -0.3 is 19.6 Å². The highest BCUT2D eigenvalue weighted by Gasteiger charge is 2.32. The van der Waals surface area contributed by atoms with E-state index < -0.39 is 39.2 Å². The van der Waals surface area contributed by atoms with Crippen LogP contribution >= 0.6 is 11.6 Å². The summed E-state index contributed by atoms with van der Waals surface area (Å²) >= 11 is 6.00. The quantitative estimate of drug-likeness (QED) is 0.516. The van der Waals surface area contributed by atoms with Gasteiger partial charge in [-0.05, 0) is 68.7 Å². The molecule has 1 heterocycles. The summed E-state index contributed by atoms with van der Waals surface area (Å²) in [5.41, 5.74) is -0.624. The van der Waals surface area contributed by atoms with Gasteiger partial charge in [-0.25, -0.2) is 13.2 Å². The van der Waals surface area contributed by atoms with Crippen LogP contribution in [-0.4, -0.2) is 78.3 Å². The van der Waals surface area contributed by atoms with Crippen LogP contribution in [0.25, 0.3) is 10.8 Å². The van der Waals surface area contributed by atoms with Crippen molar-refractivity contribution in [3.05, 3.63) is 41.4 Å². The molecule has 9 nitrogen and oxygen atoms in total. The molecule has 0 unspecified atom stereocenters. The first kappa shape index (κ1) is 28.7.